The van der Waals surface area contributed by atoms with Crippen molar-refractivity contribution in [2.45, 2.75) is 116 Å². The Labute approximate surface area is 248 Å². The molecule has 2 saturated heterocycles. The van der Waals surface area contributed by atoms with E-state index in [0.717, 1.165) is 57.7 Å². The topological polar surface area (TPSA) is 76.9 Å². The van der Waals surface area contributed by atoms with Crippen LogP contribution in [-0.4, -0.2) is 60.0 Å². The molecule has 0 amide bonds. The third-order valence-electron chi connectivity index (χ3n) is 11.4. The largest absolute Gasteiger partial charge is 0.342 e. The van der Waals surface area contributed by atoms with Gasteiger partial charge >= 0.3 is 0 Å². The van der Waals surface area contributed by atoms with Gasteiger partial charge in [0.2, 0.25) is 0 Å². The SMILES string of the molecule is CC(C)CCCC(C)[C@H]1CCC2C3(CCC[C@@]21C)OCC(CNC1CCN(Cc2ccccc2)CC1)([N+](=O)[O-])CO3. The molecule has 0 bridgehead atoms. The predicted octanol–water partition coefficient (Wildman–Crippen LogP) is 6.68. The molecule has 2 heterocycles. The first-order chi connectivity index (χ1) is 19.7. The monoisotopic (exact) mass is 569 g/mol. The van der Waals surface area contributed by atoms with Crippen LogP contribution in [0.15, 0.2) is 30.3 Å². The molecule has 2 saturated carbocycles. The van der Waals surface area contributed by atoms with Gasteiger partial charge in [0.05, 0.1) is 6.54 Å². The lowest BCUT2D eigenvalue weighted by Gasteiger charge is -2.54. The molecule has 4 fully saturated rings. The van der Waals surface area contributed by atoms with Crippen LogP contribution in [0.25, 0.3) is 0 Å². The number of likely N-dealkylation sites (tertiary alicyclic amines) is 1. The van der Waals surface area contributed by atoms with Crippen LogP contribution in [-0.2, 0) is 16.0 Å². The summed E-state index contributed by atoms with van der Waals surface area (Å²) in [5, 5.41) is 16.0. The molecule has 0 aromatic heterocycles. The van der Waals surface area contributed by atoms with Gasteiger partial charge in [-0.1, -0.05) is 77.3 Å². The molecule has 2 aliphatic heterocycles. The molecule has 41 heavy (non-hydrogen) atoms. The normalized spacial score (nSPS) is 35.5. The number of ether oxygens (including phenoxy) is 2. The molecule has 1 aromatic rings. The summed E-state index contributed by atoms with van der Waals surface area (Å²) in [7, 11) is 0. The van der Waals surface area contributed by atoms with Crippen molar-refractivity contribution in [3.8, 4) is 0 Å². The second-order valence-electron chi connectivity index (χ2n) is 14.7. The van der Waals surface area contributed by atoms with Crippen LogP contribution in [0.4, 0.5) is 0 Å². The van der Waals surface area contributed by atoms with Crippen LogP contribution in [0.5, 0.6) is 0 Å². The highest BCUT2D eigenvalue weighted by Crippen LogP contribution is 2.63. The minimum Gasteiger partial charge on any atom is -0.342 e. The van der Waals surface area contributed by atoms with E-state index >= 15 is 0 Å². The maximum atomic E-state index is 12.5. The number of nitrogens with one attached hydrogen (secondary N) is 1. The second-order valence-corrected chi connectivity index (χ2v) is 14.7. The zero-order valence-electron chi connectivity index (χ0n) is 26.1. The van der Waals surface area contributed by atoms with E-state index in [1.54, 1.807) is 0 Å². The Bertz CT molecular complexity index is 987. The van der Waals surface area contributed by atoms with Crippen molar-refractivity contribution in [2.75, 3.05) is 32.8 Å². The molecule has 4 atom stereocenters. The fourth-order valence-corrected chi connectivity index (χ4v) is 8.90. The zero-order valence-corrected chi connectivity index (χ0v) is 26.1. The smallest absolute Gasteiger partial charge is 0.280 e. The van der Waals surface area contributed by atoms with Crippen molar-refractivity contribution >= 4 is 0 Å². The number of benzene rings is 1. The molecule has 5 rings (SSSR count). The summed E-state index contributed by atoms with van der Waals surface area (Å²) in [4.78, 5) is 14.8. The van der Waals surface area contributed by atoms with Crippen molar-refractivity contribution in [3.63, 3.8) is 0 Å². The first-order valence-electron chi connectivity index (χ1n) is 16.6. The molecule has 7 heteroatoms. The predicted molar refractivity (Wildman–Crippen MR) is 163 cm³/mol. The first-order valence-corrected chi connectivity index (χ1v) is 16.6. The van der Waals surface area contributed by atoms with Gasteiger partial charge < -0.3 is 14.8 Å². The summed E-state index contributed by atoms with van der Waals surface area (Å²) in [5.41, 5.74) is 0.308. The highest BCUT2D eigenvalue weighted by molar-refractivity contribution is 5.14. The Morgan fingerprint density at radius 3 is 2.39 bits per heavy atom. The van der Waals surface area contributed by atoms with Crippen molar-refractivity contribution in [1.29, 1.82) is 0 Å². The Balaban J connectivity index is 1.15. The second kappa shape index (κ2) is 13.0. The maximum Gasteiger partial charge on any atom is 0.280 e. The minimum absolute atomic E-state index is 0.131. The van der Waals surface area contributed by atoms with E-state index in [-0.39, 0.29) is 23.6 Å². The van der Waals surface area contributed by atoms with Crippen LogP contribution >= 0.6 is 0 Å². The molecule has 4 aliphatic rings. The quantitative estimate of drug-likeness (QED) is 0.237. The molecule has 1 aromatic carbocycles. The Kier molecular flexibility index (Phi) is 9.79. The van der Waals surface area contributed by atoms with E-state index in [1.807, 2.05) is 0 Å². The molecule has 1 spiro atoms. The maximum absolute atomic E-state index is 12.5. The molecular formula is C34H55N3O4. The molecule has 2 unspecified atom stereocenters. The Hall–Kier alpha value is -1.54. The number of nitrogens with zero attached hydrogens (tertiary/aromatic N) is 2. The lowest BCUT2D eigenvalue weighted by Crippen LogP contribution is -2.66. The number of hydrogen-bond donors (Lipinski definition) is 1. The van der Waals surface area contributed by atoms with Gasteiger partial charge in [-0.05, 0) is 80.3 Å². The van der Waals surface area contributed by atoms with E-state index in [1.165, 1.54) is 37.7 Å². The minimum atomic E-state index is -1.22. The lowest BCUT2D eigenvalue weighted by atomic mass is 9.60. The molecule has 2 aliphatic carbocycles. The van der Waals surface area contributed by atoms with Crippen LogP contribution in [0.2, 0.25) is 0 Å². The lowest BCUT2D eigenvalue weighted by molar-refractivity contribution is -0.597. The summed E-state index contributed by atoms with van der Waals surface area (Å²) in [5.74, 6) is 1.82. The van der Waals surface area contributed by atoms with Crippen LogP contribution in [0.1, 0.15) is 97.5 Å². The van der Waals surface area contributed by atoms with Gasteiger partial charge in [0.25, 0.3) is 5.54 Å². The van der Waals surface area contributed by atoms with Crippen molar-refractivity contribution in [2.24, 2.45) is 29.1 Å². The third-order valence-corrected chi connectivity index (χ3v) is 11.4. The van der Waals surface area contributed by atoms with Gasteiger partial charge in [0.15, 0.2) is 5.79 Å². The van der Waals surface area contributed by atoms with Crippen LogP contribution in [0, 0.1) is 39.2 Å². The first kappa shape index (κ1) is 30.9. The summed E-state index contributed by atoms with van der Waals surface area (Å²) in [6.07, 6.45) is 11.4. The standard InChI is InChI=1S/C34H55N3O4/c1-26(2)10-8-11-27(3)30-14-15-31-32(30,4)18-9-19-34(31)40-24-33(25-41-34,37(38)39)23-35-29-16-20-36(21-17-29)22-28-12-6-5-7-13-28/h5-7,12-13,26-27,29-31,35H,8-11,14-25H2,1-4H3/t27?,30-,31?,32-,33?,34?/m1/s1. The van der Waals surface area contributed by atoms with Crippen LogP contribution < -0.4 is 5.32 Å². The van der Waals surface area contributed by atoms with Gasteiger partial charge in [-0.15, -0.1) is 0 Å². The van der Waals surface area contributed by atoms with E-state index in [9.17, 15) is 10.1 Å². The summed E-state index contributed by atoms with van der Waals surface area (Å²) in [6.45, 7) is 13.1. The number of nitro groups is 1. The third kappa shape index (κ3) is 6.68. The number of fused-ring (bicyclic) bond motifs is 2. The summed E-state index contributed by atoms with van der Waals surface area (Å²) >= 11 is 0. The Morgan fingerprint density at radius 1 is 1.02 bits per heavy atom. The van der Waals surface area contributed by atoms with E-state index in [0.29, 0.717) is 30.3 Å². The van der Waals surface area contributed by atoms with E-state index in [4.69, 9.17) is 9.47 Å². The summed E-state index contributed by atoms with van der Waals surface area (Å²) < 4.78 is 13.2. The molecular weight excluding hydrogens is 514 g/mol. The molecule has 230 valence electrons. The van der Waals surface area contributed by atoms with Crippen molar-refractivity contribution < 1.29 is 14.4 Å². The van der Waals surface area contributed by atoms with E-state index < -0.39 is 11.3 Å². The highest BCUT2D eigenvalue weighted by atomic mass is 16.7. The van der Waals surface area contributed by atoms with E-state index in [2.05, 4.69) is 68.2 Å². The number of piperidine rings is 1. The van der Waals surface area contributed by atoms with Gasteiger partial charge in [-0.3, -0.25) is 15.0 Å². The van der Waals surface area contributed by atoms with Gasteiger partial charge in [-0.25, -0.2) is 0 Å². The van der Waals surface area contributed by atoms with Gasteiger partial charge in [-0.2, -0.15) is 0 Å². The fraction of sp³-hybridized carbons (Fsp3) is 0.824. The van der Waals surface area contributed by atoms with Crippen molar-refractivity contribution in [3.05, 3.63) is 46.0 Å². The molecule has 1 N–H and O–H groups in total. The average Bonchev–Trinajstić information content (AvgIpc) is 3.32. The Morgan fingerprint density at radius 2 is 1.73 bits per heavy atom. The summed E-state index contributed by atoms with van der Waals surface area (Å²) in [6, 6.07) is 10.9. The number of hydrogen-bond acceptors (Lipinski definition) is 6. The van der Waals surface area contributed by atoms with Crippen LogP contribution in [0.3, 0.4) is 0 Å². The zero-order chi connectivity index (χ0) is 29.1. The average molecular weight is 570 g/mol. The highest BCUT2D eigenvalue weighted by Gasteiger charge is 2.63. The van der Waals surface area contributed by atoms with Gasteiger partial charge in [0, 0.05) is 29.8 Å². The molecule has 7 nitrogen and oxygen atoms in total. The number of rotatable bonds is 11. The van der Waals surface area contributed by atoms with Crippen molar-refractivity contribution in [1.82, 2.24) is 10.2 Å². The van der Waals surface area contributed by atoms with Gasteiger partial charge in [0.1, 0.15) is 13.2 Å². The fourth-order valence-electron chi connectivity index (χ4n) is 8.90. The molecule has 0 radical (unpaired) electrons.